The molecular weight excluding hydrogens is 270 g/mol. The molecule has 0 heterocycles. The lowest BCUT2D eigenvalue weighted by atomic mass is 9.96. The van der Waals surface area contributed by atoms with E-state index in [1.165, 1.54) is 21.0 Å². The molecule has 0 spiro atoms. The molecule has 0 N–H and O–H groups in total. The zero-order valence-electron chi connectivity index (χ0n) is 11.0. The van der Waals surface area contributed by atoms with Crippen LogP contribution in [0.15, 0.2) is 11.8 Å². The molecule has 0 rings (SSSR count). The third-order valence-corrected chi connectivity index (χ3v) is 2.09. The summed E-state index contributed by atoms with van der Waals surface area (Å²) in [4.78, 5) is 24.1. The number of Topliss-reactive ketones (excluding diaryl/α,β-unsaturated/α-hetero) is 1. The van der Waals surface area contributed by atoms with E-state index in [0.717, 1.165) is 11.1 Å². The minimum Gasteiger partial charge on any atom is -0.462 e. The summed E-state index contributed by atoms with van der Waals surface area (Å²) in [6.07, 6.45) is -4.62. The first-order chi connectivity index (χ1) is 8.45. The average molecular weight is 285 g/mol. The van der Waals surface area contributed by atoms with Crippen LogP contribution < -0.4 is 0 Å². The quantitative estimate of drug-likeness (QED) is 0.254. The Morgan fingerprint density at radius 1 is 1.21 bits per heavy atom. The van der Waals surface area contributed by atoms with Crippen molar-refractivity contribution in [3.8, 4) is 0 Å². The topological polar surface area (TPSA) is 46.6 Å². The number of hydrogen-bond acceptors (Lipinski definition) is 4. The summed E-state index contributed by atoms with van der Waals surface area (Å²) in [6, 6.07) is 0. The highest BCUT2D eigenvalue weighted by atomic mass is 19.4. The van der Waals surface area contributed by atoms with Crippen LogP contribution in [0.2, 0.25) is 0 Å². The summed E-state index contributed by atoms with van der Waals surface area (Å²) in [5.41, 5.74) is -5.14. The number of carbonyl (C=O) groups is 2. The van der Waals surface area contributed by atoms with Crippen LogP contribution in [0, 0.1) is 0 Å². The number of halogens is 4. The van der Waals surface area contributed by atoms with E-state index in [0.29, 0.717) is 0 Å². The molecule has 19 heavy (non-hydrogen) atoms. The molecule has 0 aliphatic carbocycles. The molecule has 0 saturated heterocycles. The molecule has 1 atom stereocenters. The number of rotatable bonds is 5. The Morgan fingerprint density at radius 2 is 1.68 bits per heavy atom. The molecule has 0 fully saturated rings. The smallest absolute Gasteiger partial charge is 0.429 e. The zero-order chi connectivity index (χ0) is 15.4. The van der Waals surface area contributed by atoms with Gasteiger partial charge in [-0.05, 0) is 13.8 Å². The van der Waals surface area contributed by atoms with Crippen LogP contribution in [-0.2, 0) is 14.3 Å². The van der Waals surface area contributed by atoms with Crippen molar-refractivity contribution in [1.82, 2.24) is 4.90 Å². The second-order valence-corrected chi connectivity index (χ2v) is 4.06. The Balaban J connectivity index is 5.54. The van der Waals surface area contributed by atoms with E-state index in [-0.39, 0.29) is 13.5 Å². The Morgan fingerprint density at radius 3 is 2.00 bits per heavy atom. The molecule has 0 aliphatic heterocycles. The SMILES string of the molecule is CCOC(=O)C(=CN(C)C)C(=O)C(C)(F)C(F)(F)F. The third kappa shape index (κ3) is 4.22. The fourth-order valence-electron chi connectivity index (χ4n) is 1.05. The van der Waals surface area contributed by atoms with Gasteiger partial charge in [-0.2, -0.15) is 13.2 Å². The Labute approximate surface area is 108 Å². The van der Waals surface area contributed by atoms with Crippen LogP contribution in [0.3, 0.4) is 0 Å². The second-order valence-electron chi connectivity index (χ2n) is 4.06. The average Bonchev–Trinajstić information content (AvgIpc) is 2.23. The van der Waals surface area contributed by atoms with Gasteiger partial charge in [0, 0.05) is 20.3 Å². The highest BCUT2D eigenvalue weighted by Crippen LogP contribution is 2.36. The highest BCUT2D eigenvalue weighted by Gasteiger charge is 2.59. The zero-order valence-corrected chi connectivity index (χ0v) is 11.0. The maximum absolute atomic E-state index is 13.6. The molecule has 0 aromatic rings. The van der Waals surface area contributed by atoms with Gasteiger partial charge in [0.2, 0.25) is 5.78 Å². The number of hydrogen-bond donors (Lipinski definition) is 0. The van der Waals surface area contributed by atoms with Crippen molar-refractivity contribution in [2.24, 2.45) is 0 Å². The van der Waals surface area contributed by atoms with Gasteiger partial charge in [0.15, 0.2) is 0 Å². The van der Waals surface area contributed by atoms with Crippen molar-refractivity contribution in [3.63, 3.8) is 0 Å². The van der Waals surface area contributed by atoms with E-state index in [9.17, 15) is 27.2 Å². The number of nitrogens with zero attached hydrogens (tertiary/aromatic N) is 1. The van der Waals surface area contributed by atoms with Crippen molar-refractivity contribution in [2.75, 3.05) is 20.7 Å². The van der Waals surface area contributed by atoms with Gasteiger partial charge in [-0.3, -0.25) is 4.79 Å². The molecule has 1 unspecified atom stereocenters. The standard InChI is InChI=1S/C11H15F4NO3/c1-5-19-9(18)7(6-16(3)4)8(17)10(2,12)11(13,14)15/h6H,5H2,1-4H3. The first kappa shape index (κ1) is 17.4. The predicted octanol–water partition coefficient (Wildman–Crippen LogP) is 1.85. The molecule has 0 aromatic heterocycles. The van der Waals surface area contributed by atoms with Crippen LogP contribution in [0.25, 0.3) is 0 Å². The summed E-state index contributed by atoms with van der Waals surface area (Å²) < 4.78 is 55.3. The molecule has 110 valence electrons. The van der Waals surface area contributed by atoms with Crippen LogP contribution in [0.1, 0.15) is 13.8 Å². The van der Waals surface area contributed by atoms with E-state index in [1.807, 2.05) is 0 Å². The highest BCUT2D eigenvalue weighted by molar-refractivity contribution is 6.20. The maximum atomic E-state index is 13.6. The van der Waals surface area contributed by atoms with E-state index in [1.54, 1.807) is 0 Å². The van der Waals surface area contributed by atoms with E-state index < -0.39 is 29.2 Å². The van der Waals surface area contributed by atoms with Gasteiger partial charge >= 0.3 is 12.1 Å². The summed E-state index contributed by atoms with van der Waals surface area (Å²) in [5.74, 6) is -3.28. The van der Waals surface area contributed by atoms with Gasteiger partial charge in [0.25, 0.3) is 5.67 Å². The Hall–Kier alpha value is -1.60. The fraction of sp³-hybridized carbons (Fsp3) is 0.636. The lowest BCUT2D eigenvalue weighted by molar-refractivity contribution is -0.218. The first-order valence-electron chi connectivity index (χ1n) is 5.31. The number of carbonyl (C=O) groups excluding carboxylic acids is 2. The minimum absolute atomic E-state index is 0.0675. The Bertz CT molecular complexity index is 386. The normalized spacial score (nSPS) is 15.7. The molecule has 0 radical (unpaired) electrons. The van der Waals surface area contributed by atoms with Crippen molar-refractivity contribution < 1.29 is 31.9 Å². The third-order valence-electron chi connectivity index (χ3n) is 2.09. The van der Waals surface area contributed by atoms with Crippen molar-refractivity contribution in [1.29, 1.82) is 0 Å². The minimum atomic E-state index is -5.41. The lowest BCUT2D eigenvalue weighted by Gasteiger charge is -2.23. The first-order valence-corrected chi connectivity index (χ1v) is 5.31. The molecule has 4 nitrogen and oxygen atoms in total. The summed E-state index contributed by atoms with van der Waals surface area (Å²) in [6.45, 7) is 1.33. The van der Waals surface area contributed by atoms with E-state index in [4.69, 9.17) is 0 Å². The molecule has 0 amide bonds. The van der Waals surface area contributed by atoms with Gasteiger partial charge in [-0.15, -0.1) is 0 Å². The van der Waals surface area contributed by atoms with Crippen LogP contribution in [0.5, 0.6) is 0 Å². The van der Waals surface area contributed by atoms with Gasteiger partial charge in [0.1, 0.15) is 5.57 Å². The van der Waals surface area contributed by atoms with Gasteiger partial charge in [-0.25, -0.2) is 9.18 Å². The lowest BCUT2D eigenvalue weighted by Crippen LogP contribution is -2.47. The van der Waals surface area contributed by atoms with Crippen molar-refractivity contribution >= 4 is 11.8 Å². The largest absolute Gasteiger partial charge is 0.462 e. The maximum Gasteiger partial charge on any atom is 0.429 e. The van der Waals surface area contributed by atoms with Crippen LogP contribution in [0.4, 0.5) is 17.6 Å². The van der Waals surface area contributed by atoms with Crippen molar-refractivity contribution in [2.45, 2.75) is 25.7 Å². The Kier molecular flexibility index (Phi) is 5.52. The molecular formula is C11H15F4NO3. The van der Waals surface area contributed by atoms with Crippen LogP contribution in [-0.4, -0.2) is 49.2 Å². The number of alkyl halides is 4. The molecule has 0 aromatic carbocycles. The van der Waals surface area contributed by atoms with E-state index >= 15 is 0 Å². The summed E-state index contributed by atoms with van der Waals surface area (Å²) in [5, 5.41) is 0. The molecule has 8 heteroatoms. The predicted molar refractivity (Wildman–Crippen MR) is 59.0 cm³/mol. The molecule has 0 bridgehead atoms. The summed E-state index contributed by atoms with van der Waals surface area (Å²) in [7, 11) is 2.74. The number of esters is 1. The van der Waals surface area contributed by atoms with Crippen molar-refractivity contribution in [3.05, 3.63) is 11.8 Å². The van der Waals surface area contributed by atoms with Gasteiger partial charge < -0.3 is 9.64 Å². The van der Waals surface area contributed by atoms with E-state index in [2.05, 4.69) is 4.74 Å². The van der Waals surface area contributed by atoms with Gasteiger partial charge in [-0.1, -0.05) is 0 Å². The molecule has 0 aliphatic rings. The van der Waals surface area contributed by atoms with Crippen LogP contribution >= 0.6 is 0 Å². The number of ether oxygens (including phenoxy) is 1. The molecule has 0 saturated carbocycles. The number of ketones is 1. The monoisotopic (exact) mass is 285 g/mol. The second kappa shape index (κ2) is 6.03. The fourth-order valence-corrected chi connectivity index (χ4v) is 1.05. The summed E-state index contributed by atoms with van der Waals surface area (Å²) >= 11 is 0. The van der Waals surface area contributed by atoms with Gasteiger partial charge in [0.05, 0.1) is 6.61 Å².